The first-order chi connectivity index (χ1) is 12.7. The van der Waals surface area contributed by atoms with Gasteiger partial charge in [-0.2, -0.15) is 0 Å². The molecule has 6 nitrogen and oxygen atoms in total. The number of anilines is 1. The maximum atomic E-state index is 6.21. The molecule has 1 N–H and O–H groups in total. The number of halogens is 1. The Balaban J connectivity index is 1.69. The Morgan fingerprint density at radius 2 is 2.15 bits per heavy atom. The predicted octanol–water partition coefficient (Wildman–Crippen LogP) is 4.93. The van der Waals surface area contributed by atoms with Crippen LogP contribution in [-0.4, -0.2) is 22.2 Å². The van der Waals surface area contributed by atoms with Gasteiger partial charge < -0.3 is 14.6 Å². The fourth-order valence-electron chi connectivity index (χ4n) is 2.66. The van der Waals surface area contributed by atoms with Gasteiger partial charge in [-0.25, -0.2) is 9.97 Å². The lowest BCUT2D eigenvalue weighted by Gasteiger charge is -2.10. The van der Waals surface area contributed by atoms with Crippen molar-refractivity contribution in [3.63, 3.8) is 0 Å². The maximum Gasteiger partial charge on any atom is 0.204 e. The molecule has 0 radical (unpaired) electrons. The van der Waals surface area contributed by atoms with E-state index in [2.05, 4.69) is 25.8 Å². The van der Waals surface area contributed by atoms with Crippen LogP contribution in [-0.2, 0) is 6.54 Å². The van der Waals surface area contributed by atoms with Crippen LogP contribution in [0, 0.1) is 6.92 Å². The maximum absolute atomic E-state index is 6.21. The normalized spacial score (nSPS) is 11.0. The Bertz CT molecular complexity index is 1060. The zero-order valence-electron chi connectivity index (χ0n) is 14.1. The van der Waals surface area contributed by atoms with E-state index in [4.69, 9.17) is 20.9 Å². The van der Waals surface area contributed by atoms with Gasteiger partial charge in [0.1, 0.15) is 16.4 Å². The van der Waals surface area contributed by atoms with Crippen LogP contribution >= 0.6 is 22.9 Å². The highest BCUT2D eigenvalue weighted by atomic mass is 35.5. The first kappa shape index (κ1) is 16.8. The summed E-state index contributed by atoms with van der Waals surface area (Å²) in [6.07, 6.45) is 1.58. The minimum absolute atomic E-state index is 0.507. The highest BCUT2D eigenvalue weighted by molar-refractivity contribution is 7.17. The van der Waals surface area contributed by atoms with Gasteiger partial charge in [-0.15, -0.1) is 11.3 Å². The van der Waals surface area contributed by atoms with Crippen molar-refractivity contribution in [2.45, 2.75) is 13.5 Å². The van der Waals surface area contributed by atoms with Crippen molar-refractivity contribution in [3.05, 3.63) is 52.0 Å². The zero-order chi connectivity index (χ0) is 18.1. The van der Waals surface area contributed by atoms with Crippen molar-refractivity contribution >= 4 is 39.0 Å². The fourth-order valence-corrected chi connectivity index (χ4v) is 3.86. The third-order valence-corrected chi connectivity index (χ3v) is 5.24. The van der Waals surface area contributed by atoms with Gasteiger partial charge in [0, 0.05) is 12.6 Å². The van der Waals surface area contributed by atoms with Gasteiger partial charge in [-0.3, -0.25) is 0 Å². The molecule has 0 aliphatic heterocycles. The van der Waals surface area contributed by atoms with E-state index in [0.717, 1.165) is 27.2 Å². The number of aryl methyl sites for hydroxylation is 1. The van der Waals surface area contributed by atoms with Gasteiger partial charge in [0.05, 0.1) is 23.7 Å². The minimum atomic E-state index is 0.507. The van der Waals surface area contributed by atoms with Gasteiger partial charge in [0.2, 0.25) is 11.6 Å². The molecule has 0 amide bonds. The molecule has 0 unspecified atom stereocenters. The molecular weight excluding hydrogens is 372 g/mol. The first-order valence-electron chi connectivity index (χ1n) is 7.89. The molecule has 8 heteroatoms. The Hall–Kier alpha value is -2.64. The predicted molar refractivity (Wildman–Crippen MR) is 103 cm³/mol. The lowest BCUT2D eigenvalue weighted by molar-refractivity contribution is 0.415. The van der Waals surface area contributed by atoms with Crippen LogP contribution in [0.25, 0.3) is 21.8 Å². The molecule has 0 saturated carbocycles. The van der Waals surface area contributed by atoms with E-state index in [9.17, 15) is 0 Å². The Kier molecular flexibility index (Phi) is 4.48. The number of rotatable bonds is 5. The fraction of sp³-hybridized carbons (Fsp3) is 0.167. The quantitative estimate of drug-likeness (QED) is 0.524. The van der Waals surface area contributed by atoms with Gasteiger partial charge in [0.15, 0.2) is 0 Å². The van der Waals surface area contributed by atoms with E-state index >= 15 is 0 Å². The first-order valence-corrected chi connectivity index (χ1v) is 9.14. The van der Waals surface area contributed by atoms with Gasteiger partial charge >= 0.3 is 0 Å². The van der Waals surface area contributed by atoms with Gasteiger partial charge in [0.25, 0.3) is 0 Å². The van der Waals surface area contributed by atoms with Crippen LogP contribution in [0.1, 0.15) is 11.1 Å². The third-order valence-electron chi connectivity index (χ3n) is 3.95. The topological polar surface area (TPSA) is 73.1 Å². The molecule has 0 atom stereocenters. The van der Waals surface area contributed by atoms with Gasteiger partial charge in [-0.05, 0) is 35.6 Å². The third kappa shape index (κ3) is 3.11. The summed E-state index contributed by atoms with van der Waals surface area (Å²) < 4.78 is 10.4. The van der Waals surface area contributed by atoms with Crippen molar-refractivity contribution in [1.82, 2.24) is 15.1 Å². The molecule has 0 saturated heterocycles. The summed E-state index contributed by atoms with van der Waals surface area (Å²) in [4.78, 5) is 10.1. The van der Waals surface area contributed by atoms with Crippen LogP contribution < -0.4 is 10.1 Å². The molecule has 0 spiro atoms. The summed E-state index contributed by atoms with van der Waals surface area (Å²) in [5.41, 5.74) is 2.15. The smallest absolute Gasteiger partial charge is 0.204 e. The standard InChI is InChI=1S/C18H15ClN4O2S/c1-10-9-26-18-15(10)17(22-16(23-18)14-5-6-21-25-14)20-8-11-3-4-13(24-2)12(19)7-11/h3-7,9H,8H2,1-2H3,(H,20,22,23). The van der Waals surface area contributed by atoms with E-state index in [1.807, 2.05) is 25.1 Å². The molecule has 0 fully saturated rings. The van der Waals surface area contributed by atoms with Crippen LogP contribution in [0.4, 0.5) is 5.82 Å². The molecule has 132 valence electrons. The molecule has 26 heavy (non-hydrogen) atoms. The average Bonchev–Trinajstić information content (AvgIpc) is 3.30. The van der Waals surface area contributed by atoms with Crippen molar-refractivity contribution < 1.29 is 9.26 Å². The number of ether oxygens (including phenoxy) is 1. The molecule has 1 aromatic carbocycles. The SMILES string of the molecule is COc1ccc(CNc2nc(-c3ccno3)nc3scc(C)c23)cc1Cl. The number of hydrogen-bond donors (Lipinski definition) is 1. The van der Waals surface area contributed by atoms with E-state index in [1.165, 1.54) is 0 Å². The van der Waals surface area contributed by atoms with Crippen molar-refractivity contribution in [2.24, 2.45) is 0 Å². The molecule has 4 aromatic rings. The number of nitrogens with zero attached hydrogens (tertiary/aromatic N) is 3. The number of fused-ring (bicyclic) bond motifs is 1. The average molecular weight is 387 g/mol. The monoisotopic (exact) mass is 386 g/mol. The van der Waals surface area contributed by atoms with Crippen LogP contribution in [0.5, 0.6) is 5.75 Å². The summed E-state index contributed by atoms with van der Waals surface area (Å²) in [6.45, 7) is 2.62. The number of aromatic nitrogens is 3. The Morgan fingerprint density at radius 1 is 1.27 bits per heavy atom. The Morgan fingerprint density at radius 3 is 2.88 bits per heavy atom. The van der Waals surface area contributed by atoms with Gasteiger partial charge in [-0.1, -0.05) is 22.8 Å². The van der Waals surface area contributed by atoms with E-state index in [0.29, 0.717) is 28.9 Å². The minimum Gasteiger partial charge on any atom is -0.495 e. The number of nitrogens with one attached hydrogen (secondary N) is 1. The molecule has 0 aliphatic rings. The van der Waals surface area contributed by atoms with Crippen LogP contribution in [0.3, 0.4) is 0 Å². The molecular formula is C18H15ClN4O2S. The van der Waals surface area contributed by atoms with Crippen LogP contribution in [0.2, 0.25) is 5.02 Å². The Labute approximate surface area is 158 Å². The number of benzene rings is 1. The number of hydrogen-bond acceptors (Lipinski definition) is 7. The van der Waals surface area contributed by atoms with E-state index < -0.39 is 0 Å². The highest BCUT2D eigenvalue weighted by Crippen LogP contribution is 2.32. The van der Waals surface area contributed by atoms with E-state index in [1.54, 1.807) is 30.7 Å². The summed E-state index contributed by atoms with van der Waals surface area (Å²) in [5, 5.41) is 10.8. The second-order valence-electron chi connectivity index (χ2n) is 5.69. The molecule has 0 bridgehead atoms. The zero-order valence-corrected chi connectivity index (χ0v) is 15.7. The molecule has 4 rings (SSSR count). The summed E-state index contributed by atoms with van der Waals surface area (Å²) in [5.74, 6) is 2.45. The molecule has 3 heterocycles. The second kappa shape index (κ2) is 6.93. The summed E-state index contributed by atoms with van der Waals surface area (Å²) >= 11 is 7.79. The lowest BCUT2D eigenvalue weighted by Crippen LogP contribution is -2.04. The molecule has 0 aliphatic carbocycles. The number of methoxy groups -OCH3 is 1. The van der Waals surface area contributed by atoms with Crippen molar-refractivity contribution in [1.29, 1.82) is 0 Å². The van der Waals surface area contributed by atoms with Crippen molar-refractivity contribution in [2.75, 3.05) is 12.4 Å². The van der Waals surface area contributed by atoms with Crippen molar-refractivity contribution in [3.8, 4) is 17.3 Å². The second-order valence-corrected chi connectivity index (χ2v) is 6.96. The highest BCUT2D eigenvalue weighted by Gasteiger charge is 2.15. The molecule has 3 aromatic heterocycles. The lowest BCUT2D eigenvalue weighted by atomic mass is 10.2. The van der Waals surface area contributed by atoms with E-state index in [-0.39, 0.29) is 0 Å². The largest absolute Gasteiger partial charge is 0.495 e. The summed E-state index contributed by atoms with van der Waals surface area (Å²) in [6, 6.07) is 7.44. The summed E-state index contributed by atoms with van der Waals surface area (Å²) in [7, 11) is 1.60. The number of thiophene rings is 1. The van der Waals surface area contributed by atoms with Crippen LogP contribution in [0.15, 0.2) is 40.4 Å².